The lowest BCUT2D eigenvalue weighted by Gasteiger charge is -2.01. The Morgan fingerprint density at radius 2 is 1.33 bits per heavy atom. The second-order valence-corrected chi connectivity index (χ2v) is 6.03. The third-order valence-electron chi connectivity index (χ3n) is 3.55. The molecule has 0 atom stereocenters. The molecule has 1 heterocycles. The molecule has 0 aliphatic carbocycles. The minimum Gasteiger partial charge on any atom is -0.201 e. The maximum absolute atomic E-state index is 2.39. The van der Waals surface area contributed by atoms with Crippen molar-refractivity contribution in [2.75, 3.05) is 0 Å². The van der Waals surface area contributed by atoms with Crippen LogP contribution in [0.15, 0.2) is 65.5 Å². The average Bonchev–Trinajstić information content (AvgIpc) is 2.46. The summed E-state index contributed by atoms with van der Waals surface area (Å²) in [5.74, 6) is 0. The van der Waals surface area contributed by atoms with Gasteiger partial charge in [0.1, 0.15) is 0 Å². The van der Waals surface area contributed by atoms with Gasteiger partial charge in [0.25, 0.3) is 0 Å². The number of hydrogen-bond acceptors (Lipinski definition) is 0. The molecule has 1 heteroatoms. The monoisotopic (exact) mass is 284 g/mol. The van der Waals surface area contributed by atoms with Crippen molar-refractivity contribution in [3.8, 4) is 0 Å². The summed E-state index contributed by atoms with van der Waals surface area (Å²) in [5, 5.41) is 0. The minimum atomic E-state index is 0.968. The molecule has 1 aromatic rings. The molecule has 0 saturated carbocycles. The fourth-order valence-electron chi connectivity index (χ4n) is 2.16. The van der Waals surface area contributed by atoms with Crippen LogP contribution >= 0.6 is 0 Å². The van der Waals surface area contributed by atoms with Gasteiger partial charge in [-0.05, 0) is 59.5 Å². The van der Waals surface area contributed by atoms with Crippen molar-refractivity contribution in [3.63, 3.8) is 0 Å². The van der Waals surface area contributed by atoms with Gasteiger partial charge in [0.2, 0.25) is 0 Å². The van der Waals surface area contributed by atoms with Gasteiger partial charge in [-0.1, -0.05) is 34.9 Å². The van der Waals surface area contributed by atoms with Crippen LogP contribution in [-0.4, -0.2) is 0 Å². The smallest absolute Gasteiger partial charge is 0.169 e. The molecule has 0 fully saturated rings. The normalized spacial score (nSPS) is 12.4. The van der Waals surface area contributed by atoms with E-state index in [1.807, 2.05) is 0 Å². The Kier molecular flexibility index (Phi) is 8.42. The highest BCUT2D eigenvalue weighted by Crippen LogP contribution is 2.11. The molecule has 0 radical (unpaired) electrons. The molecule has 0 unspecified atom stereocenters. The molecule has 0 spiro atoms. The van der Waals surface area contributed by atoms with Crippen molar-refractivity contribution >= 4 is 0 Å². The lowest BCUT2D eigenvalue weighted by molar-refractivity contribution is -0.687. The first-order valence-electron chi connectivity index (χ1n) is 7.96. The lowest BCUT2D eigenvalue weighted by Crippen LogP contribution is -2.31. The van der Waals surface area contributed by atoms with Gasteiger partial charge in [-0.3, -0.25) is 0 Å². The fraction of sp³-hybridized carbons (Fsp3) is 0.450. The third-order valence-corrected chi connectivity index (χ3v) is 3.55. The van der Waals surface area contributed by atoms with E-state index in [2.05, 4.69) is 81.1 Å². The number of hydrogen-bond donors (Lipinski definition) is 0. The zero-order valence-corrected chi connectivity index (χ0v) is 14.1. The second kappa shape index (κ2) is 10.1. The van der Waals surface area contributed by atoms with E-state index < -0.39 is 0 Å². The van der Waals surface area contributed by atoms with Crippen LogP contribution in [0.3, 0.4) is 0 Å². The molecular formula is C20H30N+. The summed E-state index contributed by atoms with van der Waals surface area (Å²) in [6.07, 6.45) is 15.9. The largest absolute Gasteiger partial charge is 0.201 e. The molecule has 114 valence electrons. The molecular weight excluding hydrogens is 254 g/mol. The molecule has 0 aromatic carbocycles. The molecule has 0 amide bonds. The van der Waals surface area contributed by atoms with E-state index in [-0.39, 0.29) is 0 Å². The van der Waals surface area contributed by atoms with Gasteiger partial charge in [0, 0.05) is 12.1 Å². The van der Waals surface area contributed by atoms with E-state index in [0.29, 0.717) is 0 Å². The molecule has 0 bridgehead atoms. The number of rotatable bonds is 8. The molecule has 0 N–H and O–H groups in total. The standard InChI is InChI=1S/C20H30N/c1-18(2)10-8-11-19(3)12-9-13-20(4)14-17-21-15-6-5-7-16-21/h5-7,10,12,14-16H,8-9,11,13,17H2,1-4H3/q+1. The zero-order chi connectivity index (χ0) is 15.5. The van der Waals surface area contributed by atoms with E-state index in [1.54, 1.807) is 0 Å². The highest BCUT2D eigenvalue weighted by atomic mass is 14.9. The SMILES string of the molecule is CC(C)=CCCC(C)=CCCC(C)=CC[n+]1ccccc1. The fourth-order valence-corrected chi connectivity index (χ4v) is 2.16. The van der Waals surface area contributed by atoms with Gasteiger partial charge in [-0.25, -0.2) is 4.57 Å². The van der Waals surface area contributed by atoms with Gasteiger partial charge in [-0.2, -0.15) is 0 Å². The second-order valence-electron chi connectivity index (χ2n) is 6.03. The minimum absolute atomic E-state index is 0.968. The Morgan fingerprint density at radius 1 is 0.762 bits per heavy atom. The van der Waals surface area contributed by atoms with Crippen LogP contribution in [0.5, 0.6) is 0 Å². The predicted molar refractivity (Wildman–Crippen MR) is 92.1 cm³/mol. The summed E-state index contributed by atoms with van der Waals surface area (Å²) in [6.45, 7) is 9.78. The molecule has 21 heavy (non-hydrogen) atoms. The maximum Gasteiger partial charge on any atom is 0.169 e. The van der Waals surface area contributed by atoms with E-state index in [9.17, 15) is 0 Å². The summed E-state index contributed by atoms with van der Waals surface area (Å²) >= 11 is 0. The van der Waals surface area contributed by atoms with Gasteiger partial charge in [-0.15, -0.1) is 0 Å². The van der Waals surface area contributed by atoms with E-state index in [4.69, 9.17) is 0 Å². The van der Waals surface area contributed by atoms with Crippen LogP contribution in [0.2, 0.25) is 0 Å². The van der Waals surface area contributed by atoms with Gasteiger partial charge in [0.05, 0.1) is 0 Å². The van der Waals surface area contributed by atoms with Gasteiger partial charge < -0.3 is 0 Å². The number of allylic oxidation sites excluding steroid dienone is 6. The zero-order valence-electron chi connectivity index (χ0n) is 14.1. The Labute approximate surface area is 130 Å². The van der Waals surface area contributed by atoms with E-state index >= 15 is 0 Å². The first-order valence-corrected chi connectivity index (χ1v) is 7.96. The molecule has 0 aliphatic rings. The molecule has 0 aliphatic heterocycles. The van der Waals surface area contributed by atoms with Gasteiger partial charge in [0.15, 0.2) is 18.9 Å². The average molecular weight is 284 g/mol. The lowest BCUT2D eigenvalue weighted by atomic mass is 10.1. The Morgan fingerprint density at radius 3 is 1.95 bits per heavy atom. The highest BCUT2D eigenvalue weighted by Gasteiger charge is 1.96. The first kappa shape index (κ1) is 17.4. The van der Waals surface area contributed by atoms with Crippen molar-refractivity contribution in [1.82, 2.24) is 0 Å². The van der Waals surface area contributed by atoms with E-state index in [0.717, 1.165) is 19.4 Å². The Bertz CT molecular complexity index is 488. The van der Waals surface area contributed by atoms with Crippen LogP contribution in [0.1, 0.15) is 53.4 Å². The molecule has 0 saturated heterocycles. The van der Waals surface area contributed by atoms with Gasteiger partial charge >= 0.3 is 0 Å². The summed E-state index contributed by atoms with van der Waals surface area (Å²) in [5.41, 5.74) is 4.40. The third kappa shape index (κ3) is 9.01. The van der Waals surface area contributed by atoms with Crippen LogP contribution in [-0.2, 0) is 6.54 Å². The number of pyridine rings is 1. The van der Waals surface area contributed by atoms with Crippen molar-refractivity contribution in [2.45, 2.75) is 59.9 Å². The van der Waals surface area contributed by atoms with Crippen LogP contribution in [0.4, 0.5) is 0 Å². The summed E-state index contributed by atoms with van der Waals surface area (Å²) in [7, 11) is 0. The molecule has 1 nitrogen and oxygen atoms in total. The topological polar surface area (TPSA) is 3.88 Å². The Balaban J connectivity index is 2.29. The number of aromatic nitrogens is 1. The van der Waals surface area contributed by atoms with Crippen molar-refractivity contribution in [3.05, 3.63) is 65.5 Å². The van der Waals surface area contributed by atoms with Crippen LogP contribution in [0, 0.1) is 0 Å². The quantitative estimate of drug-likeness (QED) is 0.445. The van der Waals surface area contributed by atoms with Crippen molar-refractivity contribution in [1.29, 1.82) is 0 Å². The van der Waals surface area contributed by atoms with Crippen molar-refractivity contribution in [2.24, 2.45) is 0 Å². The maximum atomic E-state index is 2.39. The first-order chi connectivity index (χ1) is 10.1. The van der Waals surface area contributed by atoms with Crippen molar-refractivity contribution < 1.29 is 4.57 Å². The Hall–Kier alpha value is -1.63. The van der Waals surface area contributed by atoms with E-state index in [1.165, 1.54) is 29.6 Å². The predicted octanol–water partition coefficient (Wildman–Crippen LogP) is 5.39. The molecule has 1 aromatic heterocycles. The highest BCUT2D eigenvalue weighted by molar-refractivity contribution is 5.05. The van der Waals surface area contributed by atoms with Crippen LogP contribution < -0.4 is 4.57 Å². The number of nitrogens with zero attached hydrogens (tertiary/aromatic N) is 1. The summed E-state index contributed by atoms with van der Waals surface area (Å²) in [6, 6.07) is 6.19. The summed E-state index contributed by atoms with van der Waals surface area (Å²) < 4.78 is 2.20. The molecule has 1 rings (SSSR count). The van der Waals surface area contributed by atoms with Crippen LogP contribution in [0.25, 0.3) is 0 Å². The summed E-state index contributed by atoms with van der Waals surface area (Å²) in [4.78, 5) is 0.